The summed E-state index contributed by atoms with van der Waals surface area (Å²) < 4.78 is 47.6. The molecule has 0 aliphatic carbocycles. The van der Waals surface area contributed by atoms with Crippen LogP contribution in [-0.4, -0.2) is 6.29 Å². The summed E-state index contributed by atoms with van der Waals surface area (Å²) in [6.07, 6.45) is -3.68. The van der Waals surface area contributed by atoms with Gasteiger partial charge in [-0.2, -0.15) is 0 Å². The van der Waals surface area contributed by atoms with Gasteiger partial charge in [-0.1, -0.05) is 11.6 Å². The quantitative estimate of drug-likeness (QED) is 0.818. The molecular weight excluding hydrogens is 309 g/mol. The maximum absolute atomic E-state index is 13.2. The first-order valence-corrected chi connectivity index (χ1v) is 6.13. The first-order chi connectivity index (χ1) is 9.84. The van der Waals surface area contributed by atoms with Crippen LogP contribution in [0, 0.1) is 5.82 Å². The number of fused-ring (bicyclic) bond motifs is 1. The van der Waals surface area contributed by atoms with Crippen molar-refractivity contribution in [1.29, 1.82) is 0 Å². The number of benzene rings is 2. The Labute approximate surface area is 122 Å². The molecule has 2 aromatic rings. The Balaban J connectivity index is 1.89. The highest BCUT2D eigenvalue weighted by atomic mass is 35.5. The van der Waals surface area contributed by atoms with E-state index < -0.39 is 12.1 Å². The molecule has 0 radical (unpaired) electrons. The van der Waals surface area contributed by atoms with Gasteiger partial charge in [-0.3, -0.25) is 0 Å². The summed E-state index contributed by atoms with van der Waals surface area (Å²) in [5.74, 6) is -0.836. The minimum atomic E-state index is -3.68. The second kappa shape index (κ2) is 4.63. The molecule has 4 nitrogen and oxygen atoms in total. The fourth-order valence-electron chi connectivity index (χ4n) is 1.85. The van der Waals surface area contributed by atoms with Crippen LogP contribution in [0.25, 0.3) is 0 Å². The van der Waals surface area contributed by atoms with E-state index in [0.717, 1.165) is 6.07 Å². The number of ether oxygens (including phenoxy) is 2. The Kier molecular flexibility index (Phi) is 3.02. The van der Waals surface area contributed by atoms with Crippen molar-refractivity contribution in [1.82, 2.24) is 0 Å². The molecule has 21 heavy (non-hydrogen) atoms. The Morgan fingerprint density at radius 2 is 1.81 bits per heavy atom. The second-order valence-corrected chi connectivity index (χ2v) is 4.71. The largest absolute Gasteiger partial charge is 0.586 e. The summed E-state index contributed by atoms with van der Waals surface area (Å²) >= 11 is 5.67. The molecule has 0 unspecified atom stereocenters. The van der Waals surface area contributed by atoms with Crippen molar-refractivity contribution in [2.75, 3.05) is 11.1 Å². The number of hydrogen-bond donors (Lipinski definition) is 2. The van der Waals surface area contributed by atoms with E-state index in [4.69, 9.17) is 17.3 Å². The van der Waals surface area contributed by atoms with Gasteiger partial charge in [0.1, 0.15) is 5.82 Å². The lowest BCUT2D eigenvalue weighted by atomic mass is 10.2. The molecule has 0 spiro atoms. The molecule has 110 valence electrons. The smallest absolute Gasteiger partial charge is 0.397 e. The van der Waals surface area contributed by atoms with Gasteiger partial charge in [0.2, 0.25) is 0 Å². The van der Waals surface area contributed by atoms with Gasteiger partial charge in [0.05, 0.1) is 16.4 Å². The number of anilines is 3. The molecule has 1 aliphatic rings. The predicted molar refractivity (Wildman–Crippen MR) is 71.8 cm³/mol. The van der Waals surface area contributed by atoms with Crippen molar-refractivity contribution in [3.8, 4) is 11.5 Å². The van der Waals surface area contributed by atoms with Crippen molar-refractivity contribution in [2.24, 2.45) is 0 Å². The van der Waals surface area contributed by atoms with Crippen molar-refractivity contribution in [2.45, 2.75) is 6.29 Å². The molecular formula is C13H8ClF3N2O2. The van der Waals surface area contributed by atoms with Crippen LogP contribution in [0.3, 0.4) is 0 Å². The van der Waals surface area contributed by atoms with Gasteiger partial charge in [0.25, 0.3) is 0 Å². The Morgan fingerprint density at radius 3 is 2.57 bits per heavy atom. The van der Waals surface area contributed by atoms with Gasteiger partial charge in [-0.05, 0) is 18.2 Å². The average Bonchev–Trinajstić information content (AvgIpc) is 2.69. The second-order valence-electron chi connectivity index (χ2n) is 4.31. The number of nitrogens with one attached hydrogen (secondary N) is 1. The molecule has 0 atom stereocenters. The topological polar surface area (TPSA) is 56.5 Å². The Bertz CT molecular complexity index is 725. The van der Waals surface area contributed by atoms with E-state index in [9.17, 15) is 13.2 Å². The van der Waals surface area contributed by atoms with E-state index in [2.05, 4.69) is 14.8 Å². The third kappa shape index (κ3) is 2.64. The van der Waals surface area contributed by atoms with Gasteiger partial charge in [-0.25, -0.2) is 4.39 Å². The highest BCUT2D eigenvalue weighted by molar-refractivity contribution is 6.31. The summed E-state index contributed by atoms with van der Waals surface area (Å²) in [7, 11) is 0. The summed E-state index contributed by atoms with van der Waals surface area (Å²) in [5.41, 5.74) is 6.53. The number of rotatable bonds is 2. The number of halogens is 4. The lowest BCUT2D eigenvalue weighted by molar-refractivity contribution is -0.286. The van der Waals surface area contributed by atoms with Crippen LogP contribution in [0.4, 0.5) is 30.2 Å². The zero-order chi connectivity index (χ0) is 15.2. The summed E-state index contributed by atoms with van der Waals surface area (Å²) in [6, 6.07) is 6.48. The molecule has 3 N–H and O–H groups in total. The fraction of sp³-hybridized carbons (Fsp3) is 0.0769. The van der Waals surface area contributed by atoms with E-state index in [1.807, 2.05) is 0 Å². The maximum Gasteiger partial charge on any atom is 0.586 e. The molecule has 0 amide bonds. The van der Waals surface area contributed by atoms with Crippen molar-refractivity contribution in [3.05, 3.63) is 41.2 Å². The molecule has 8 heteroatoms. The van der Waals surface area contributed by atoms with Crippen molar-refractivity contribution in [3.63, 3.8) is 0 Å². The van der Waals surface area contributed by atoms with Crippen LogP contribution < -0.4 is 20.5 Å². The van der Waals surface area contributed by atoms with Crippen LogP contribution in [-0.2, 0) is 0 Å². The van der Waals surface area contributed by atoms with E-state index >= 15 is 0 Å². The van der Waals surface area contributed by atoms with E-state index in [1.165, 1.54) is 24.3 Å². The number of hydrogen-bond acceptors (Lipinski definition) is 4. The standard InChI is InChI=1S/C13H8ClF3N2O2/c14-7-4-10(9(18)5-8(7)15)19-6-1-2-11-12(3-6)21-13(16,17)20-11/h1-5,19H,18H2. The van der Waals surface area contributed by atoms with Crippen LogP contribution in [0.2, 0.25) is 5.02 Å². The molecule has 1 heterocycles. The zero-order valence-corrected chi connectivity index (χ0v) is 11.0. The first kappa shape index (κ1) is 13.7. The molecule has 1 aliphatic heterocycles. The van der Waals surface area contributed by atoms with E-state index in [0.29, 0.717) is 11.4 Å². The molecule has 0 bridgehead atoms. The van der Waals surface area contributed by atoms with Gasteiger partial charge in [0, 0.05) is 17.8 Å². The molecule has 0 saturated heterocycles. The van der Waals surface area contributed by atoms with Crippen LogP contribution in [0.5, 0.6) is 11.5 Å². The highest BCUT2D eigenvalue weighted by Crippen LogP contribution is 2.43. The van der Waals surface area contributed by atoms with Crippen molar-refractivity contribution >= 4 is 28.7 Å². The lowest BCUT2D eigenvalue weighted by Crippen LogP contribution is -2.25. The number of alkyl halides is 2. The first-order valence-electron chi connectivity index (χ1n) is 5.75. The third-order valence-corrected chi connectivity index (χ3v) is 3.06. The predicted octanol–water partition coefficient (Wildman–Crippen LogP) is 4.13. The zero-order valence-electron chi connectivity index (χ0n) is 10.3. The van der Waals surface area contributed by atoms with Crippen LogP contribution >= 0.6 is 11.6 Å². The minimum absolute atomic E-state index is 0.0735. The average molecular weight is 317 g/mol. The summed E-state index contributed by atoms with van der Waals surface area (Å²) in [6.45, 7) is 0. The summed E-state index contributed by atoms with van der Waals surface area (Å²) in [5, 5.41) is 2.73. The molecule has 0 fully saturated rings. The lowest BCUT2D eigenvalue weighted by Gasteiger charge is -2.10. The van der Waals surface area contributed by atoms with Gasteiger partial charge >= 0.3 is 6.29 Å². The van der Waals surface area contributed by atoms with Crippen LogP contribution in [0.1, 0.15) is 0 Å². The summed E-state index contributed by atoms with van der Waals surface area (Å²) in [4.78, 5) is 0. The molecule has 0 aromatic heterocycles. The van der Waals surface area contributed by atoms with Gasteiger partial charge in [0.15, 0.2) is 11.5 Å². The molecule has 2 aromatic carbocycles. The highest BCUT2D eigenvalue weighted by Gasteiger charge is 2.43. The van der Waals surface area contributed by atoms with Gasteiger partial charge < -0.3 is 20.5 Å². The SMILES string of the molecule is Nc1cc(F)c(Cl)cc1Nc1ccc2c(c1)OC(F)(F)O2. The number of nitrogen functional groups attached to an aromatic ring is 1. The Morgan fingerprint density at radius 1 is 1.10 bits per heavy atom. The van der Waals surface area contributed by atoms with E-state index in [-0.39, 0.29) is 22.2 Å². The molecule has 3 rings (SSSR count). The van der Waals surface area contributed by atoms with Crippen LogP contribution in [0.15, 0.2) is 30.3 Å². The molecule has 0 saturated carbocycles. The maximum atomic E-state index is 13.2. The number of nitrogens with two attached hydrogens (primary N) is 1. The van der Waals surface area contributed by atoms with Gasteiger partial charge in [-0.15, -0.1) is 8.78 Å². The Hall–Kier alpha value is -2.28. The minimum Gasteiger partial charge on any atom is -0.397 e. The van der Waals surface area contributed by atoms with E-state index in [1.54, 1.807) is 0 Å². The monoisotopic (exact) mass is 316 g/mol. The van der Waals surface area contributed by atoms with Crippen molar-refractivity contribution < 1.29 is 22.6 Å². The third-order valence-electron chi connectivity index (χ3n) is 2.77. The fourth-order valence-corrected chi connectivity index (χ4v) is 2.02. The normalized spacial score (nSPS) is 15.0.